The molecule has 1 rings (SSSR count). The van der Waals surface area contributed by atoms with Crippen LogP contribution in [0.25, 0.3) is 0 Å². The standard InChI is InChI=1S/C5H6N2OS/c8-4-7(9)5-1-2-6-3-5/h1-4,6,9H. The van der Waals surface area contributed by atoms with Gasteiger partial charge in [-0.2, -0.15) is 0 Å². The Balaban J connectivity index is 2.76. The predicted molar refractivity (Wildman–Crippen MR) is 38.3 cm³/mol. The van der Waals surface area contributed by atoms with Crippen LogP contribution in [0.3, 0.4) is 0 Å². The molecule has 1 aromatic heterocycles. The summed E-state index contributed by atoms with van der Waals surface area (Å²) in [6.07, 6.45) is 4.04. The first-order chi connectivity index (χ1) is 4.34. The molecule has 0 atom stereocenters. The molecule has 0 aliphatic carbocycles. The quantitative estimate of drug-likeness (QED) is 0.465. The summed E-state index contributed by atoms with van der Waals surface area (Å²) in [5.41, 5.74) is 0.744. The monoisotopic (exact) mass is 142 g/mol. The van der Waals surface area contributed by atoms with Gasteiger partial charge in [-0.1, -0.05) is 12.8 Å². The van der Waals surface area contributed by atoms with Crippen LogP contribution in [-0.2, 0) is 4.79 Å². The van der Waals surface area contributed by atoms with Crippen molar-refractivity contribution in [2.24, 2.45) is 0 Å². The molecule has 0 radical (unpaired) electrons. The Bertz CT molecular complexity index is 185. The first-order valence-corrected chi connectivity index (χ1v) is 2.81. The Morgan fingerprint density at radius 1 is 1.78 bits per heavy atom. The number of amides is 1. The summed E-state index contributed by atoms with van der Waals surface area (Å²) in [6.45, 7) is 0. The van der Waals surface area contributed by atoms with Gasteiger partial charge in [0.2, 0.25) is 6.41 Å². The van der Waals surface area contributed by atoms with Crippen LogP contribution in [0.15, 0.2) is 18.5 Å². The maximum Gasteiger partial charge on any atom is 0.224 e. The van der Waals surface area contributed by atoms with Gasteiger partial charge >= 0.3 is 0 Å². The highest BCUT2D eigenvalue weighted by atomic mass is 32.1. The second kappa shape index (κ2) is 2.59. The number of H-pyrrole nitrogens is 1. The summed E-state index contributed by atoms with van der Waals surface area (Å²) in [5.74, 6) is 0. The van der Waals surface area contributed by atoms with Crippen LogP contribution in [0.5, 0.6) is 0 Å². The lowest BCUT2D eigenvalue weighted by molar-refractivity contribution is -0.106. The van der Waals surface area contributed by atoms with Gasteiger partial charge in [0, 0.05) is 12.4 Å². The molecule has 9 heavy (non-hydrogen) atoms. The van der Waals surface area contributed by atoms with Crippen molar-refractivity contribution < 1.29 is 4.79 Å². The smallest absolute Gasteiger partial charge is 0.224 e. The van der Waals surface area contributed by atoms with Gasteiger partial charge in [0.15, 0.2) is 0 Å². The van der Waals surface area contributed by atoms with Crippen LogP contribution in [0, 0.1) is 0 Å². The zero-order valence-corrected chi connectivity index (χ0v) is 5.51. The van der Waals surface area contributed by atoms with Crippen molar-refractivity contribution in [1.29, 1.82) is 0 Å². The highest BCUT2D eigenvalue weighted by Crippen LogP contribution is 2.10. The van der Waals surface area contributed by atoms with Gasteiger partial charge in [-0.05, 0) is 6.07 Å². The van der Waals surface area contributed by atoms with Crippen molar-refractivity contribution in [3.63, 3.8) is 0 Å². The lowest BCUT2D eigenvalue weighted by Gasteiger charge is -2.02. The third kappa shape index (κ3) is 1.26. The fourth-order valence-electron chi connectivity index (χ4n) is 0.518. The van der Waals surface area contributed by atoms with Crippen molar-refractivity contribution >= 4 is 24.9 Å². The van der Waals surface area contributed by atoms with Gasteiger partial charge in [0.05, 0.1) is 5.69 Å². The molecule has 0 saturated carbocycles. The number of anilines is 1. The maximum atomic E-state index is 10.0. The summed E-state index contributed by atoms with van der Waals surface area (Å²) in [7, 11) is 0. The summed E-state index contributed by atoms with van der Waals surface area (Å²) in [6, 6.07) is 1.75. The summed E-state index contributed by atoms with van der Waals surface area (Å²) < 4.78 is 1.19. The lowest BCUT2D eigenvalue weighted by atomic mass is 10.5. The van der Waals surface area contributed by atoms with Gasteiger partial charge < -0.3 is 4.98 Å². The zero-order chi connectivity index (χ0) is 6.69. The van der Waals surface area contributed by atoms with E-state index >= 15 is 0 Å². The van der Waals surface area contributed by atoms with Gasteiger partial charge in [0.25, 0.3) is 0 Å². The number of aromatic nitrogens is 1. The molecule has 1 aromatic rings. The van der Waals surface area contributed by atoms with E-state index in [1.165, 1.54) is 4.31 Å². The van der Waals surface area contributed by atoms with Crippen LogP contribution in [0.1, 0.15) is 0 Å². The zero-order valence-electron chi connectivity index (χ0n) is 4.61. The van der Waals surface area contributed by atoms with Crippen LogP contribution >= 0.6 is 12.8 Å². The van der Waals surface area contributed by atoms with Crippen LogP contribution < -0.4 is 4.31 Å². The highest BCUT2D eigenvalue weighted by molar-refractivity contribution is 7.82. The molecule has 0 aliphatic rings. The first-order valence-electron chi connectivity index (χ1n) is 2.41. The Kier molecular flexibility index (Phi) is 1.79. The van der Waals surface area contributed by atoms with E-state index in [1.54, 1.807) is 18.5 Å². The number of aromatic amines is 1. The van der Waals surface area contributed by atoms with E-state index in [0.29, 0.717) is 6.41 Å². The summed E-state index contributed by atoms with van der Waals surface area (Å²) >= 11 is 3.83. The van der Waals surface area contributed by atoms with E-state index in [0.717, 1.165) is 5.69 Å². The van der Waals surface area contributed by atoms with Crippen molar-refractivity contribution in [2.75, 3.05) is 4.31 Å². The second-order valence-electron chi connectivity index (χ2n) is 1.52. The molecular weight excluding hydrogens is 136 g/mol. The average Bonchev–Trinajstić information content (AvgIpc) is 2.37. The van der Waals surface area contributed by atoms with Crippen LogP contribution in [0.4, 0.5) is 5.69 Å². The van der Waals surface area contributed by atoms with E-state index in [-0.39, 0.29) is 0 Å². The minimum Gasteiger partial charge on any atom is -0.366 e. The molecule has 1 amide bonds. The fourth-order valence-corrected chi connectivity index (χ4v) is 0.643. The number of rotatable bonds is 2. The third-order valence-corrected chi connectivity index (χ3v) is 1.27. The molecule has 1 N–H and O–H groups in total. The molecule has 0 saturated heterocycles. The van der Waals surface area contributed by atoms with Crippen molar-refractivity contribution in [2.45, 2.75) is 0 Å². The predicted octanol–water partition coefficient (Wildman–Crippen LogP) is 0.822. The molecule has 0 unspecified atom stereocenters. The number of thiol groups is 1. The van der Waals surface area contributed by atoms with Crippen molar-refractivity contribution in [3.05, 3.63) is 18.5 Å². The molecule has 0 aliphatic heterocycles. The minimum atomic E-state index is 0.631. The number of hydrogen-bond acceptors (Lipinski definition) is 2. The lowest BCUT2D eigenvalue weighted by Crippen LogP contribution is -2.04. The number of nitrogens with zero attached hydrogens (tertiary/aromatic N) is 1. The normalized spacial score (nSPS) is 9.00. The van der Waals surface area contributed by atoms with E-state index in [4.69, 9.17) is 0 Å². The van der Waals surface area contributed by atoms with E-state index in [1.807, 2.05) is 0 Å². The number of nitrogens with one attached hydrogen (secondary N) is 1. The number of hydrogen-bond donors (Lipinski definition) is 2. The molecular formula is C5H6N2OS. The third-order valence-electron chi connectivity index (χ3n) is 0.946. The van der Waals surface area contributed by atoms with Gasteiger partial charge in [0.1, 0.15) is 0 Å². The van der Waals surface area contributed by atoms with Crippen LogP contribution in [0.2, 0.25) is 0 Å². The highest BCUT2D eigenvalue weighted by Gasteiger charge is 1.96. The Labute approximate surface area is 58.2 Å². The number of carbonyl (C=O) groups excluding carboxylic acids is 1. The Morgan fingerprint density at radius 3 is 3.00 bits per heavy atom. The van der Waals surface area contributed by atoms with Crippen molar-refractivity contribution in [3.8, 4) is 0 Å². The van der Waals surface area contributed by atoms with Crippen molar-refractivity contribution in [1.82, 2.24) is 4.98 Å². The van der Waals surface area contributed by atoms with E-state index in [9.17, 15) is 4.79 Å². The molecule has 0 spiro atoms. The average molecular weight is 142 g/mol. The Hall–Kier alpha value is -0.900. The molecule has 0 bridgehead atoms. The molecule has 48 valence electrons. The molecule has 4 heteroatoms. The molecule has 0 fully saturated rings. The minimum absolute atomic E-state index is 0.631. The van der Waals surface area contributed by atoms with E-state index in [2.05, 4.69) is 17.8 Å². The fraction of sp³-hybridized carbons (Fsp3) is 0. The molecule has 3 nitrogen and oxygen atoms in total. The van der Waals surface area contributed by atoms with Gasteiger partial charge in [-0.25, -0.2) is 0 Å². The van der Waals surface area contributed by atoms with E-state index < -0.39 is 0 Å². The van der Waals surface area contributed by atoms with Gasteiger partial charge in [-0.15, -0.1) is 0 Å². The largest absolute Gasteiger partial charge is 0.366 e. The number of carbonyl (C=O) groups is 1. The topological polar surface area (TPSA) is 36.1 Å². The SMILES string of the molecule is O=CN(S)c1cc[nH]c1. The van der Waals surface area contributed by atoms with Gasteiger partial charge in [-0.3, -0.25) is 9.10 Å². The maximum absolute atomic E-state index is 10.0. The molecule has 1 heterocycles. The molecule has 0 aromatic carbocycles. The summed E-state index contributed by atoms with van der Waals surface area (Å²) in [4.78, 5) is 12.8. The summed E-state index contributed by atoms with van der Waals surface area (Å²) in [5, 5.41) is 0. The first kappa shape index (κ1) is 6.22. The van der Waals surface area contributed by atoms with Crippen LogP contribution in [-0.4, -0.2) is 11.4 Å². The Morgan fingerprint density at radius 2 is 2.56 bits per heavy atom. The second-order valence-corrected chi connectivity index (χ2v) is 1.95.